The molecule has 0 aliphatic rings. The van der Waals surface area contributed by atoms with E-state index in [4.69, 9.17) is 4.74 Å². The van der Waals surface area contributed by atoms with E-state index in [-0.39, 0.29) is 0 Å². The van der Waals surface area contributed by atoms with Crippen LogP contribution in [0.1, 0.15) is 32.6 Å². The third kappa shape index (κ3) is 4.90. The minimum Gasteiger partial charge on any atom is -0.494 e. The molecule has 14 heavy (non-hydrogen) atoms. The average molecular weight is 191 g/mol. The van der Waals surface area contributed by atoms with E-state index in [9.17, 15) is 0 Å². The van der Waals surface area contributed by atoms with Gasteiger partial charge in [0.15, 0.2) is 0 Å². The molecule has 0 amide bonds. The molecule has 0 aliphatic carbocycles. The lowest BCUT2D eigenvalue weighted by Crippen LogP contribution is -1.96. The lowest BCUT2D eigenvalue weighted by molar-refractivity contribution is 0.305. The minimum absolute atomic E-state index is 0.841. The number of hydrogen-bond acceptors (Lipinski definition) is 1. The third-order valence-electron chi connectivity index (χ3n) is 2.15. The van der Waals surface area contributed by atoms with Crippen molar-refractivity contribution in [3.8, 4) is 5.75 Å². The van der Waals surface area contributed by atoms with Gasteiger partial charge in [-0.05, 0) is 25.0 Å². The smallest absolute Gasteiger partial charge is 0.119 e. The van der Waals surface area contributed by atoms with Gasteiger partial charge in [0, 0.05) is 0 Å². The van der Waals surface area contributed by atoms with Crippen LogP contribution in [0.25, 0.3) is 0 Å². The molecular formula is C13H19O. The van der Waals surface area contributed by atoms with E-state index in [0.717, 1.165) is 18.8 Å². The molecule has 0 heterocycles. The van der Waals surface area contributed by atoms with Gasteiger partial charge >= 0.3 is 0 Å². The summed E-state index contributed by atoms with van der Waals surface area (Å²) in [4.78, 5) is 0. The van der Waals surface area contributed by atoms with Gasteiger partial charge in [0.1, 0.15) is 5.75 Å². The molecule has 1 heteroatoms. The Bertz CT molecular complexity index is 218. The maximum absolute atomic E-state index is 5.58. The molecule has 0 aromatic heterocycles. The van der Waals surface area contributed by atoms with Crippen LogP contribution in [0.3, 0.4) is 0 Å². The quantitative estimate of drug-likeness (QED) is 0.595. The van der Waals surface area contributed by atoms with Crippen LogP contribution in [-0.2, 0) is 0 Å². The molecule has 1 aromatic rings. The maximum atomic E-state index is 5.58. The summed E-state index contributed by atoms with van der Waals surface area (Å²) in [5, 5.41) is 0. The van der Waals surface area contributed by atoms with E-state index >= 15 is 0 Å². The summed E-state index contributed by atoms with van der Waals surface area (Å²) in [5.41, 5.74) is 0. The largest absolute Gasteiger partial charge is 0.494 e. The van der Waals surface area contributed by atoms with E-state index in [2.05, 4.69) is 13.3 Å². The van der Waals surface area contributed by atoms with Gasteiger partial charge in [-0.1, -0.05) is 44.4 Å². The zero-order chi connectivity index (χ0) is 10.1. The van der Waals surface area contributed by atoms with Crippen LogP contribution in [0.2, 0.25) is 0 Å². The van der Waals surface area contributed by atoms with Crippen molar-refractivity contribution in [2.24, 2.45) is 0 Å². The van der Waals surface area contributed by atoms with Gasteiger partial charge in [0.2, 0.25) is 0 Å². The second-order valence-electron chi connectivity index (χ2n) is 3.42. The molecule has 1 rings (SSSR count). The zero-order valence-corrected chi connectivity index (χ0v) is 8.91. The monoisotopic (exact) mass is 191 g/mol. The highest BCUT2D eigenvalue weighted by Crippen LogP contribution is 2.09. The van der Waals surface area contributed by atoms with Crippen LogP contribution in [0, 0.1) is 6.42 Å². The molecule has 0 bridgehead atoms. The molecule has 1 nitrogen and oxygen atoms in total. The standard InChI is InChI=1S/C13H19O/c1-2-3-4-5-9-12-14-13-10-7-6-8-11-13/h2,6-8,10-11H,3-5,9,12H2,1H3. The van der Waals surface area contributed by atoms with Crippen LogP contribution in [0.4, 0.5) is 0 Å². The first-order valence-electron chi connectivity index (χ1n) is 5.39. The molecule has 0 saturated carbocycles. The Morgan fingerprint density at radius 1 is 1.07 bits per heavy atom. The fourth-order valence-electron chi connectivity index (χ4n) is 1.33. The molecule has 0 unspecified atom stereocenters. The fourth-order valence-corrected chi connectivity index (χ4v) is 1.33. The van der Waals surface area contributed by atoms with E-state index < -0.39 is 0 Å². The Morgan fingerprint density at radius 2 is 1.86 bits per heavy atom. The Morgan fingerprint density at radius 3 is 2.57 bits per heavy atom. The van der Waals surface area contributed by atoms with Crippen molar-refractivity contribution in [3.05, 3.63) is 36.8 Å². The van der Waals surface area contributed by atoms with Gasteiger partial charge < -0.3 is 4.74 Å². The number of para-hydroxylation sites is 1. The topological polar surface area (TPSA) is 9.23 Å². The summed E-state index contributed by atoms with van der Waals surface area (Å²) < 4.78 is 5.58. The summed E-state index contributed by atoms with van der Waals surface area (Å²) >= 11 is 0. The van der Waals surface area contributed by atoms with Crippen molar-refractivity contribution < 1.29 is 4.74 Å². The van der Waals surface area contributed by atoms with E-state index in [1.165, 1.54) is 19.3 Å². The first-order valence-corrected chi connectivity index (χ1v) is 5.39. The predicted molar refractivity (Wildman–Crippen MR) is 60.4 cm³/mol. The summed E-state index contributed by atoms with van der Waals surface area (Å²) in [5.74, 6) is 0.981. The van der Waals surface area contributed by atoms with Gasteiger partial charge in [-0.25, -0.2) is 0 Å². The van der Waals surface area contributed by atoms with Gasteiger partial charge in [0.05, 0.1) is 6.61 Å². The second kappa shape index (κ2) is 7.43. The van der Waals surface area contributed by atoms with Crippen molar-refractivity contribution in [2.45, 2.75) is 32.6 Å². The Kier molecular flexibility index (Phi) is 5.89. The van der Waals surface area contributed by atoms with Crippen molar-refractivity contribution >= 4 is 0 Å². The molecule has 77 valence electrons. The molecular weight excluding hydrogens is 172 g/mol. The first-order chi connectivity index (χ1) is 6.93. The van der Waals surface area contributed by atoms with E-state index in [0.29, 0.717) is 0 Å². The number of benzene rings is 1. The zero-order valence-electron chi connectivity index (χ0n) is 8.91. The summed E-state index contributed by atoms with van der Waals surface area (Å²) in [6, 6.07) is 10.0. The van der Waals surface area contributed by atoms with Crippen LogP contribution in [0.15, 0.2) is 30.3 Å². The van der Waals surface area contributed by atoms with Gasteiger partial charge in [-0.2, -0.15) is 0 Å². The minimum atomic E-state index is 0.841. The Labute approximate surface area is 87.1 Å². The molecule has 0 saturated heterocycles. The highest BCUT2D eigenvalue weighted by molar-refractivity contribution is 5.20. The molecule has 0 aliphatic heterocycles. The van der Waals surface area contributed by atoms with Gasteiger partial charge in [-0.15, -0.1) is 0 Å². The van der Waals surface area contributed by atoms with Gasteiger partial charge in [-0.3, -0.25) is 0 Å². The third-order valence-corrected chi connectivity index (χ3v) is 2.15. The molecule has 1 aromatic carbocycles. The van der Waals surface area contributed by atoms with E-state index in [1.807, 2.05) is 30.3 Å². The van der Waals surface area contributed by atoms with Crippen molar-refractivity contribution in [3.63, 3.8) is 0 Å². The number of ether oxygens (including phenoxy) is 1. The number of unbranched alkanes of at least 4 members (excludes halogenated alkanes) is 4. The average Bonchev–Trinajstić information content (AvgIpc) is 2.25. The van der Waals surface area contributed by atoms with Crippen molar-refractivity contribution in [1.82, 2.24) is 0 Å². The van der Waals surface area contributed by atoms with Gasteiger partial charge in [0.25, 0.3) is 0 Å². The van der Waals surface area contributed by atoms with Crippen LogP contribution in [-0.4, -0.2) is 6.61 Å². The molecule has 0 spiro atoms. The van der Waals surface area contributed by atoms with Crippen molar-refractivity contribution in [1.29, 1.82) is 0 Å². The predicted octanol–water partition coefficient (Wildman–Crippen LogP) is 3.85. The van der Waals surface area contributed by atoms with Crippen LogP contribution >= 0.6 is 0 Å². The lowest BCUT2D eigenvalue weighted by Gasteiger charge is -2.04. The molecule has 0 fully saturated rings. The SMILES string of the molecule is C[CH]CCCCCOc1ccccc1. The van der Waals surface area contributed by atoms with Crippen LogP contribution in [0.5, 0.6) is 5.75 Å². The summed E-state index contributed by atoms with van der Waals surface area (Å²) in [6.45, 7) is 2.95. The number of rotatable bonds is 7. The van der Waals surface area contributed by atoms with Crippen LogP contribution < -0.4 is 4.74 Å². The Balaban J connectivity index is 1.99. The molecule has 0 N–H and O–H groups in total. The summed E-state index contributed by atoms with van der Waals surface area (Å²) in [6.07, 6.45) is 7.15. The maximum Gasteiger partial charge on any atom is 0.119 e. The highest BCUT2D eigenvalue weighted by atomic mass is 16.5. The summed E-state index contributed by atoms with van der Waals surface area (Å²) in [7, 11) is 0. The normalized spacial score (nSPS) is 10.1. The molecule has 1 radical (unpaired) electrons. The molecule has 0 atom stereocenters. The van der Waals surface area contributed by atoms with E-state index in [1.54, 1.807) is 0 Å². The first kappa shape index (κ1) is 11.1. The Hall–Kier alpha value is -0.980. The lowest BCUT2D eigenvalue weighted by atomic mass is 10.2. The highest BCUT2D eigenvalue weighted by Gasteiger charge is 1.91. The second-order valence-corrected chi connectivity index (χ2v) is 3.42. The fraction of sp³-hybridized carbons (Fsp3) is 0.462. The van der Waals surface area contributed by atoms with Crippen molar-refractivity contribution in [2.75, 3.05) is 6.61 Å². The number of hydrogen-bond donors (Lipinski definition) is 0.